The molecule has 1 aromatic carbocycles. The third-order valence-electron chi connectivity index (χ3n) is 2.33. The van der Waals surface area contributed by atoms with Crippen LogP contribution < -0.4 is 10.3 Å². The molecule has 20 heavy (non-hydrogen) atoms. The van der Waals surface area contributed by atoms with Crippen molar-refractivity contribution in [3.8, 4) is 23.1 Å². The number of alkyl halides is 3. The van der Waals surface area contributed by atoms with E-state index in [1.54, 1.807) is 6.07 Å². The van der Waals surface area contributed by atoms with Gasteiger partial charge in [-0.2, -0.15) is 5.26 Å². The van der Waals surface area contributed by atoms with Gasteiger partial charge in [0, 0.05) is 5.56 Å². The summed E-state index contributed by atoms with van der Waals surface area (Å²) in [6, 6.07) is 6.41. The summed E-state index contributed by atoms with van der Waals surface area (Å²) in [5.74, 6) is -0.399. The maximum absolute atomic E-state index is 12.0. The fraction of sp³-hybridized carbons (Fsp3) is 0.0833. The van der Waals surface area contributed by atoms with Crippen molar-refractivity contribution < 1.29 is 17.9 Å². The standard InChI is InChI=1S/C12H6F3N3O2/c13-12(14,15)20-8-3-1-7(2-4-8)10-9(5-16)11(19)18-6-17-10/h1-4,6H,(H,17,18,19). The van der Waals surface area contributed by atoms with Gasteiger partial charge in [0.1, 0.15) is 17.4 Å². The van der Waals surface area contributed by atoms with Crippen LogP contribution in [0.25, 0.3) is 11.3 Å². The van der Waals surface area contributed by atoms with Gasteiger partial charge in [-0.05, 0) is 24.3 Å². The molecule has 0 spiro atoms. The Labute approximate surface area is 110 Å². The molecule has 2 rings (SSSR count). The van der Waals surface area contributed by atoms with Gasteiger partial charge < -0.3 is 9.72 Å². The Hall–Kier alpha value is -2.82. The fourth-order valence-electron chi connectivity index (χ4n) is 1.54. The molecule has 0 saturated heterocycles. The fourth-order valence-corrected chi connectivity index (χ4v) is 1.54. The van der Waals surface area contributed by atoms with Crippen molar-refractivity contribution >= 4 is 0 Å². The Bertz CT molecular complexity index is 714. The van der Waals surface area contributed by atoms with Crippen LogP contribution in [0, 0.1) is 11.3 Å². The molecule has 0 amide bonds. The lowest BCUT2D eigenvalue weighted by atomic mass is 10.1. The average Bonchev–Trinajstić information content (AvgIpc) is 2.37. The van der Waals surface area contributed by atoms with Crippen molar-refractivity contribution in [3.05, 3.63) is 46.5 Å². The summed E-state index contributed by atoms with van der Waals surface area (Å²) in [4.78, 5) is 17.5. The molecule has 2 aromatic rings. The van der Waals surface area contributed by atoms with Crippen LogP contribution in [0.1, 0.15) is 5.56 Å². The lowest BCUT2D eigenvalue weighted by Crippen LogP contribution is -2.17. The second kappa shape index (κ2) is 5.05. The minimum Gasteiger partial charge on any atom is -0.406 e. The van der Waals surface area contributed by atoms with E-state index < -0.39 is 17.7 Å². The summed E-state index contributed by atoms with van der Waals surface area (Å²) in [6.45, 7) is 0. The predicted molar refractivity (Wildman–Crippen MR) is 61.7 cm³/mol. The SMILES string of the molecule is N#Cc1c(-c2ccc(OC(F)(F)F)cc2)nc[nH]c1=O. The first-order valence-corrected chi connectivity index (χ1v) is 5.24. The zero-order chi connectivity index (χ0) is 14.8. The second-order valence-corrected chi connectivity index (χ2v) is 3.64. The zero-order valence-electron chi connectivity index (χ0n) is 9.73. The summed E-state index contributed by atoms with van der Waals surface area (Å²) in [5.41, 5.74) is -0.401. The molecule has 8 heteroatoms. The molecule has 1 heterocycles. The van der Waals surface area contributed by atoms with Crippen LogP contribution in [0.5, 0.6) is 5.75 Å². The first-order chi connectivity index (χ1) is 9.40. The van der Waals surface area contributed by atoms with E-state index in [1.165, 1.54) is 12.1 Å². The molecule has 1 aromatic heterocycles. The molecule has 0 bridgehead atoms. The highest BCUT2D eigenvalue weighted by Crippen LogP contribution is 2.26. The van der Waals surface area contributed by atoms with Crippen molar-refractivity contribution in [2.24, 2.45) is 0 Å². The molecule has 0 radical (unpaired) electrons. The van der Waals surface area contributed by atoms with Gasteiger partial charge in [0.25, 0.3) is 5.56 Å². The molecule has 5 nitrogen and oxygen atoms in total. The second-order valence-electron chi connectivity index (χ2n) is 3.64. The number of hydrogen-bond donors (Lipinski definition) is 1. The van der Waals surface area contributed by atoms with Crippen LogP contribution in [0.15, 0.2) is 35.4 Å². The largest absolute Gasteiger partial charge is 0.573 e. The third kappa shape index (κ3) is 2.95. The van der Waals surface area contributed by atoms with E-state index in [0.29, 0.717) is 5.56 Å². The molecule has 102 valence electrons. The molecule has 0 fully saturated rings. The Morgan fingerprint density at radius 3 is 2.45 bits per heavy atom. The molecule has 0 aliphatic rings. The highest BCUT2D eigenvalue weighted by Gasteiger charge is 2.31. The summed E-state index contributed by atoms with van der Waals surface area (Å²) < 4.78 is 39.8. The zero-order valence-corrected chi connectivity index (χ0v) is 9.73. The summed E-state index contributed by atoms with van der Waals surface area (Å²) >= 11 is 0. The molecule has 1 N–H and O–H groups in total. The van der Waals surface area contributed by atoms with Crippen molar-refractivity contribution in [1.29, 1.82) is 5.26 Å². The van der Waals surface area contributed by atoms with Crippen LogP contribution in [0.2, 0.25) is 0 Å². The molecule has 0 atom stereocenters. The number of aromatic amines is 1. The van der Waals surface area contributed by atoms with Crippen LogP contribution in [-0.4, -0.2) is 16.3 Å². The summed E-state index contributed by atoms with van der Waals surface area (Å²) in [7, 11) is 0. The monoisotopic (exact) mass is 281 g/mol. The Morgan fingerprint density at radius 2 is 1.90 bits per heavy atom. The topological polar surface area (TPSA) is 78.8 Å². The summed E-state index contributed by atoms with van der Waals surface area (Å²) in [6.07, 6.45) is -3.67. The van der Waals surface area contributed by atoms with Crippen molar-refractivity contribution in [3.63, 3.8) is 0 Å². The number of nitrogens with zero attached hydrogens (tertiary/aromatic N) is 2. The number of nitrogens with one attached hydrogen (secondary N) is 1. The quantitative estimate of drug-likeness (QED) is 0.915. The normalized spacial score (nSPS) is 10.9. The van der Waals surface area contributed by atoms with Crippen LogP contribution >= 0.6 is 0 Å². The van der Waals surface area contributed by atoms with Gasteiger partial charge in [-0.15, -0.1) is 13.2 Å². The van der Waals surface area contributed by atoms with Gasteiger partial charge >= 0.3 is 6.36 Å². The van der Waals surface area contributed by atoms with Gasteiger partial charge in [0.05, 0.1) is 12.0 Å². The van der Waals surface area contributed by atoms with E-state index in [1.807, 2.05) is 0 Å². The van der Waals surface area contributed by atoms with E-state index in [9.17, 15) is 18.0 Å². The van der Waals surface area contributed by atoms with E-state index >= 15 is 0 Å². The minimum absolute atomic E-state index is 0.0924. The van der Waals surface area contributed by atoms with Gasteiger partial charge in [0.15, 0.2) is 0 Å². The number of halogens is 3. The van der Waals surface area contributed by atoms with E-state index in [2.05, 4.69) is 14.7 Å². The van der Waals surface area contributed by atoms with Gasteiger partial charge in [-0.1, -0.05) is 0 Å². The number of ether oxygens (including phenoxy) is 1. The number of nitriles is 1. The average molecular weight is 281 g/mol. The molecule has 0 aliphatic heterocycles. The number of rotatable bonds is 2. The van der Waals surface area contributed by atoms with Crippen molar-refractivity contribution in [2.75, 3.05) is 0 Å². The van der Waals surface area contributed by atoms with Gasteiger partial charge in [-0.3, -0.25) is 4.79 Å². The maximum Gasteiger partial charge on any atom is 0.573 e. The molecule has 0 unspecified atom stereocenters. The van der Waals surface area contributed by atoms with E-state index in [0.717, 1.165) is 18.5 Å². The number of benzene rings is 1. The predicted octanol–water partition coefficient (Wildman–Crippen LogP) is 2.21. The van der Waals surface area contributed by atoms with Gasteiger partial charge in [-0.25, -0.2) is 4.98 Å². The Morgan fingerprint density at radius 1 is 1.25 bits per heavy atom. The summed E-state index contributed by atoms with van der Waals surface area (Å²) in [5, 5.41) is 8.88. The number of hydrogen-bond acceptors (Lipinski definition) is 4. The highest BCUT2D eigenvalue weighted by molar-refractivity contribution is 5.66. The molecular formula is C12H6F3N3O2. The molecule has 0 saturated carbocycles. The molecular weight excluding hydrogens is 275 g/mol. The van der Waals surface area contributed by atoms with E-state index in [-0.39, 0.29) is 11.3 Å². The molecule has 0 aliphatic carbocycles. The first kappa shape index (κ1) is 13.6. The lowest BCUT2D eigenvalue weighted by molar-refractivity contribution is -0.274. The van der Waals surface area contributed by atoms with Gasteiger partial charge in [0.2, 0.25) is 0 Å². The first-order valence-electron chi connectivity index (χ1n) is 5.24. The minimum atomic E-state index is -4.78. The van der Waals surface area contributed by atoms with Crippen molar-refractivity contribution in [2.45, 2.75) is 6.36 Å². The Kier molecular flexibility index (Phi) is 3.43. The van der Waals surface area contributed by atoms with Crippen molar-refractivity contribution in [1.82, 2.24) is 9.97 Å². The number of H-pyrrole nitrogens is 1. The van der Waals surface area contributed by atoms with Crippen LogP contribution in [-0.2, 0) is 0 Å². The van der Waals surface area contributed by atoms with Crippen LogP contribution in [0.4, 0.5) is 13.2 Å². The van der Waals surface area contributed by atoms with E-state index in [4.69, 9.17) is 5.26 Å². The van der Waals surface area contributed by atoms with Crippen LogP contribution in [0.3, 0.4) is 0 Å². The smallest absolute Gasteiger partial charge is 0.406 e. The Balaban J connectivity index is 2.39. The highest BCUT2D eigenvalue weighted by atomic mass is 19.4. The number of aromatic nitrogens is 2. The third-order valence-corrected chi connectivity index (χ3v) is 2.33. The lowest BCUT2D eigenvalue weighted by Gasteiger charge is -2.09. The maximum atomic E-state index is 12.0.